The molecule has 0 bridgehead atoms. The molecule has 1 aromatic carbocycles. The van der Waals surface area contributed by atoms with Gasteiger partial charge >= 0.3 is 0 Å². The van der Waals surface area contributed by atoms with Gasteiger partial charge in [-0.05, 0) is 12.1 Å². The van der Waals surface area contributed by atoms with E-state index in [1.54, 1.807) is 18.2 Å². The molecule has 11 heavy (non-hydrogen) atoms. The third-order valence-electron chi connectivity index (χ3n) is 1.26. The van der Waals surface area contributed by atoms with Crippen molar-refractivity contribution in [2.24, 2.45) is 0 Å². The van der Waals surface area contributed by atoms with E-state index >= 15 is 0 Å². The summed E-state index contributed by atoms with van der Waals surface area (Å²) >= 11 is 5.58. The molecule has 0 saturated carbocycles. The molecule has 2 nitrogen and oxygen atoms in total. The summed E-state index contributed by atoms with van der Waals surface area (Å²) in [6, 6.07) is 6.50. The Labute approximate surface area is 69.4 Å². The minimum atomic E-state index is -0.279. The summed E-state index contributed by atoms with van der Waals surface area (Å²) in [7, 11) is 1.44. The average Bonchev–Trinajstić information content (AvgIpc) is 2.16. The molecule has 0 aromatic heterocycles. The van der Waals surface area contributed by atoms with Crippen LogP contribution in [0.5, 0.6) is 5.75 Å². The summed E-state index contributed by atoms with van der Waals surface area (Å²) in [4.78, 5) is 11.1. The first-order valence-electron chi connectivity index (χ1n) is 3.08. The van der Waals surface area contributed by atoms with Gasteiger partial charge < -0.3 is 4.74 Å². The molecule has 3 heteroatoms. The van der Waals surface area contributed by atoms with Gasteiger partial charge in [-0.1, -0.05) is 23.7 Å². The van der Waals surface area contributed by atoms with Crippen LogP contribution in [-0.2, 0) is 0 Å². The molecule has 0 N–H and O–H groups in total. The number of hydrogen-bond acceptors (Lipinski definition) is 2. The van der Waals surface area contributed by atoms with Crippen molar-refractivity contribution in [1.29, 1.82) is 0 Å². The molecule has 0 aliphatic carbocycles. The van der Waals surface area contributed by atoms with Crippen LogP contribution in [0.4, 0.5) is 0 Å². The molecule has 0 aliphatic heterocycles. The van der Waals surface area contributed by atoms with E-state index < -0.39 is 0 Å². The van der Waals surface area contributed by atoms with Crippen molar-refractivity contribution < 1.29 is 4.74 Å². The predicted octanol–water partition coefficient (Wildman–Crippen LogP) is 1.71. The fraction of sp³-hybridized carbons (Fsp3) is 0.125. The highest BCUT2D eigenvalue weighted by molar-refractivity contribution is 6.30. The monoisotopic (exact) mass is 170 g/mol. The van der Waals surface area contributed by atoms with Crippen molar-refractivity contribution in [3.8, 4) is 5.75 Å². The molecule has 0 unspecified atom stereocenters. The third kappa shape index (κ3) is 1.71. The van der Waals surface area contributed by atoms with Crippen LogP contribution >= 0.6 is 11.6 Å². The first-order chi connectivity index (χ1) is 5.25. The Hall–Kier alpha value is -1.02. The Bertz CT molecular complexity index is 309. The SMILES string of the molecule is COc1ccccc(Cl)c1=O. The maximum Gasteiger partial charge on any atom is 0.238 e. The van der Waals surface area contributed by atoms with Crippen molar-refractivity contribution >= 4 is 11.6 Å². The quantitative estimate of drug-likeness (QED) is 0.642. The van der Waals surface area contributed by atoms with E-state index in [-0.39, 0.29) is 16.2 Å². The van der Waals surface area contributed by atoms with Gasteiger partial charge in [-0.3, -0.25) is 4.79 Å². The molecule has 0 aliphatic rings. The Balaban J connectivity index is 3.42. The molecule has 1 rings (SSSR count). The summed E-state index contributed by atoms with van der Waals surface area (Å²) in [6.07, 6.45) is 0. The number of rotatable bonds is 1. The van der Waals surface area contributed by atoms with Crippen molar-refractivity contribution in [1.82, 2.24) is 0 Å². The summed E-state index contributed by atoms with van der Waals surface area (Å²) < 4.78 is 4.79. The summed E-state index contributed by atoms with van der Waals surface area (Å²) in [5.41, 5.74) is -0.279. The van der Waals surface area contributed by atoms with E-state index in [2.05, 4.69) is 0 Å². The molecule has 0 amide bonds. The van der Waals surface area contributed by atoms with Gasteiger partial charge in [0.15, 0.2) is 5.75 Å². The van der Waals surface area contributed by atoms with E-state index in [1.807, 2.05) is 0 Å². The number of ether oxygens (including phenoxy) is 1. The molecule has 58 valence electrons. The fourth-order valence-corrected chi connectivity index (χ4v) is 0.879. The molecule has 0 saturated heterocycles. The van der Waals surface area contributed by atoms with Crippen LogP contribution in [-0.4, -0.2) is 7.11 Å². The number of hydrogen-bond donors (Lipinski definition) is 0. The van der Waals surface area contributed by atoms with Crippen molar-refractivity contribution in [2.75, 3.05) is 7.11 Å². The lowest BCUT2D eigenvalue weighted by molar-refractivity contribution is 0.411. The van der Waals surface area contributed by atoms with Gasteiger partial charge in [-0.15, -0.1) is 0 Å². The van der Waals surface area contributed by atoms with Gasteiger partial charge in [-0.2, -0.15) is 0 Å². The van der Waals surface area contributed by atoms with Gasteiger partial charge in [0.25, 0.3) is 0 Å². The largest absolute Gasteiger partial charge is 0.493 e. The zero-order valence-electron chi connectivity index (χ0n) is 6.00. The normalized spacial score (nSPS) is 9.27. The lowest BCUT2D eigenvalue weighted by Crippen LogP contribution is -2.01. The molecule has 0 atom stereocenters. The number of halogens is 1. The van der Waals surface area contributed by atoms with Crippen LogP contribution in [0.3, 0.4) is 0 Å². The second-order valence-corrected chi connectivity index (χ2v) is 2.37. The van der Waals surface area contributed by atoms with Gasteiger partial charge in [0.1, 0.15) is 0 Å². The van der Waals surface area contributed by atoms with Crippen LogP contribution in [0.15, 0.2) is 29.1 Å². The second kappa shape index (κ2) is 3.39. The summed E-state index contributed by atoms with van der Waals surface area (Å²) in [5.74, 6) is 0.264. The Morgan fingerprint density at radius 3 is 2.64 bits per heavy atom. The van der Waals surface area contributed by atoms with Crippen LogP contribution in [0.2, 0.25) is 5.02 Å². The van der Waals surface area contributed by atoms with E-state index in [4.69, 9.17) is 16.3 Å². The molecule has 0 fully saturated rings. The lowest BCUT2D eigenvalue weighted by Gasteiger charge is -1.91. The fourth-order valence-electron chi connectivity index (χ4n) is 0.713. The van der Waals surface area contributed by atoms with Gasteiger partial charge in [0.2, 0.25) is 5.43 Å². The predicted molar refractivity (Wildman–Crippen MR) is 44.3 cm³/mol. The molecule has 0 heterocycles. The maximum absolute atomic E-state index is 11.1. The first kappa shape index (κ1) is 8.08. The van der Waals surface area contributed by atoms with Crippen molar-refractivity contribution in [3.05, 3.63) is 39.5 Å². The van der Waals surface area contributed by atoms with E-state index in [9.17, 15) is 4.79 Å². The van der Waals surface area contributed by atoms with E-state index in [1.165, 1.54) is 13.2 Å². The topological polar surface area (TPSA) is 26.3 Å². The van der Waals surface area contributed by atoms with Gasteiger partial charge in [0, 0.05) is 0 Å². The Morgan fingerprint density at radius 1 is 1.36 bits per heavy atom. The van der Waals surface area contributed by atoms with Gasteiger partial charge in [-0.25, -0.2) is 0 Å². The Morgan fingerprint density at radius 2 is 2.00 bits per heavy atom. The van der Waals surface area contributed by atoms with Gasteiger partial charge in [0.05, 0.1) is 12.1 Å². The summed E-state index contributed by atoms with van der Waals surface area (Å²) in [5, 5.41) is 0.173. The van der Waals surface area contributed by atoms with Crippen LogP contribution in [0.1, 0.15) is 0 Å². The average molecular weight is 171 g/mol. The van der Waals surface area contributed by atoms with E-state index in [0.29, 0.717) is 0 Å². The van der Waals surface area contributed by atoms with Crippen LogP contribution in [0.25, 0.3) is 0 Å². The highest BCUT2D eigenvalue weighted by atomic mass is 35.5. The standard InChI is InChI=1S/C8H7ClO2/c1-11-7-5-3-2-4-6(9)8(7)10/h2-5H,1H3. The maximum atomic E-state index is 11.1. The number of methoxy groups -OCH3 is 1. The molecule has 0 radical (unpaired) electrons. The van der Waals surface area contributed by atoms with Crippen molar-refractivity contribution in [3.63, 3.8) is 0 Å². The van der Waals surface area contributed by atoms with E-state index in [0.717, 1.165) is 0 Å². The van der Waals surface area contributed by atoms with Crippen molar-refractivity contribution in [2.45, 2.75) is 0 Å². The highest BCUT2D eigenvalue weighted by Crippen LogP contribution is 2.05. The van der Waals surface area contributed by atoms with Crippen LogP contribution in [0, 0.1) is 0 Å². The second-order valence-electron chi connectivity index (χ2n) is 1.96. The minimum Gasteiger partial charge on any atom is -0.493 e. The smallest absolute Gasteiger partial charge is 0.238 e. The molecule has 1 aromatic rings. The molecular formula is C8H7ClO2. The zero-order valence-corrected chi connectivity index (χ0v) is 6.76. The zero-order chi connectivity index (χ0) is 8.27. The Kier molecular flexibility index (Phi) is 2.49. The summed E-state index contributed by atoms with van der Waals surface area (Å²) in [6.45, 7) is 0. The lowest BCUT2D eigenvalue weighted by atomic mass is 10.4. The molecule has 0 spiro atoms. The minimum absolute atomic E-state index is 0.173. The highest BCUT2D eigenvalue weighted by Gasteiger charge is 1.98. The van der Waals surface area contributed by atoms with Crippen LogP contribution < -0.4 is 10.2 Å². The third-order valence-corrected chi connectivity index (χ3v) is 1.56. The first-order valence-corrected chi connectivity index (χ1v) is 3.46. The molecular weight excluding hydrogens is 164 g/mol.